The summed E-state index contributed by atoms with van der Waals surface area (Å²) < 4.78 is 22.9. The number of carbonyl (C=O) groups excluding carboxylic acids is 1. The minimum absolute atomic E-state index is 0.0896. The first kappa shape index (κ1) is 16.5. The van der Waals surface area contributed by atoms with Crippen LogP contribution in [0.25, 0.3) is 0 Å². The topological polar surface area (TPSA) is 83.5 Å². The highest BCUT2D eigenvalue weighted by molar-refractivity contribution is 7.91. The number of rotatable bonds is 4. The second-order valence-corrected chi connectivity index (χ2v) is 9.02. The molecule has 1 fully saturated rings. The van der Waals surface area contributed by atoms with Gasteiger partial charge in [0, 0.05) is 6.42 Å². The molecule has 0 bridgehead atoms. The molecule has 1 saturated heterocycles. The van der Waals surface area contributed by atoms with Crippen LogP contribution in [0.2, 0.25) is 0 Å². The molecule has 0 saturated carbocycles. The van der Waals surface area contributed by atoms with Crippen molar-refractivity contribution in [1.29, 1.82) is 0 Å². The number of sulfone groups is 1. The van der Waals surface area contributed by atoms with E-state index >= 15 is 0 Å². The third-order valence-electron chi connectivity index (χ3n) is 4.93. The molecule has 0 unspecified atom stereocenters. The molecule has 1 aliphatic carbocycles. The Morgan fingerprint density at radius 1 is 1.35 bits per heavy atom. The van der Waals surface area contributed by atoms with Crippen LogP contribution in [0.5, 0.6) is 0 Å². The van der Waals surface area contributed by atoms with Crippen molar-refractivity contribution in [2.24, 2.45) is 5.92 Å². The van der Waals surface area contributed by atoms with Gasteiger partial charge < -0.3 is 10.4 Å². The van der Waals surface area contributed by atoms with E-state index in [9.17, 15) is 18.3 Å². The lowest BCUT2D eigenvalue weighted by molar-refractivity contribution is -0.123. The average Bonchev–Trinajstić information content (AvgIpc) is 2.85. The van der Waals surface area contributed by atoms with Crippen LogP contribution >= 0.6 is 0 Å². The zero-order valence-electron chi connectivity index (χ0n) is 13.1. The first-order valence-electron chi connectivity index (χ1n) is 8.16. The van der Waals surface area contributed by atoms with Gasteiger partial charge in [0.25, 0.3) is 0 Å². The van der Waals surface area contributed by atoms with E-state index in [4.69, 9.17) is 0 Å². The molecule has 6 heteroatoms. The molecule has 1 aliphatic heterocycles. The predicted octanol–water partition coefficient (Wildman–Crippen LogP) is 1.15. The molecule has 2 atom stereocenters. The standard InChI is InChI=1S/C17H23NO4S/c19-16(10-13-7-9-23(21,22)11-13)18-12-17(20)8-3-5-14-4-1-2-6-15(14)17/h1-2,4,6,13,20H,3,5,7-12H2,(H,18,19)/t13-,17+/m1/s1. The summed E-state index contributed by atoms with van der Waals surface area (Å²) in [5.74, 6) is 0.0207. The van der Waals surface area contributed by atoms with Crippen molar-refractivity contribution in [3.63, 3.8) is 0 Å². The van der Waals surface area contributed by atoms with Crippen LogP contribution in [0, 0.1) is 5.92 Å². The maximum Gasteiger partial charge on any atom is 0.220 e. The molecule has 1 aromatic rings. The number of hydrogen-bond donors (Lipinski definition) is 2. The van der Waals surface area contributed by atoms with E-state index in [1.165, 1.54) is 0 Å². The van der Waals surface area contributed by atoms with E-state index in [0.717, 1.165) is 24.0 Å². The molecular weight excluding hydrogens is 314 g/mol. The van der Waals surface area contributed by atoms with E-state index in [0.29, 0.717) is 12.8 Å². The molecule has 0 aromatic heterocycles. The third-order valence-corrected chi connectivity index (χ3v) is 6.77. The molecule has 126 valence electrons. The Morgan fingerprint density at radius 2 is 2.13 bits per heavy atom. The number of benzene rings is 1. The van der Waals surface area contributed by atoms with Crippen molar-refractivity contribution in [3.8, 4) is 0 Å². The van der Waals surface area contributed by atoms with Crippen molar-refractivity contribution in [2.75, 3.05) is 18.1 Å². The fourth-order valence-corrected chi connectivity index (χ4v) is 5.56. The summed E-state index contributed by atoms with van der Waals surface area (Å²) in [6.07, 6.45) is 3.25. The van der Waals surface area contributed by atoms with Crippen molar-refractivity contribution in [3.05, 3.63) is 35.4 Å². The van der Waals surface area contributed by atoms with Crippen molar-refractivity contribution >= 4 is 15.7 Å². The lowest BCUT2D eigenvalue weighted by atomic mass is 9.79. The Balaban J connectivity index is 1.59. The summed E-state index contributed by atoms with van der Waals surface area (Å²) in [6.45, 7) is 0.183. The number of aliphatic hydroxyl groups is 1. The monoisotopic (exact) mass is 337 g/mol. The summed E-state index contributed by atoms with van der Waals surface area (Å²) >= 11 is 0. The Hall–Kier alpha value is -1.40. The zero-order chi connectivity index (χ0) is 16.5. The Bertz CT molecular complexity index is 700. The van der Waals surface area contributed by atoms with Gasteiger partial charge >= 0.3 is 0 Å². The van der Waals surface area contributed by atoms with Crippen LogP contribution in [0.15, 0.2) is 24.3 Å². The third kappa shape index (κ3) is 3.75. The van der Waals surface area contributed by atoms with E-state index < -0.39 is 15.4 Å². The summed E-state index contributed by atoms with van der Waals surface area (Å²) in [6, 6.07) is 7.80. The molecule has 1 heterocycles. The summed E-state index contributed by atoms with van der Waals surface area (Å²) in [5.41, 5.74) is 1.01. The van der Waals surface area contributed by atoms with Gasteiger partial charge in [0.05, 0.1) is 18.1 Å². The minimum Gasteiger partial charge on any atom is -0.383 e. The van der Waals surface area contributed by atoms with Gasteiger partial charge in [-0.3, -0.25) is 4.79 Å². The van der Waals surface area contributed by atoms with E-state index in [2.05, 4.69) is 5.32 Å². The number of carbonyl (C=O) groups is 1. The van der Waals surface area contributed by atoms with Gasteiger partial charge in [0.15, 0.2) is 9.84 Å². The van der Waals surface area contributed by atoms with Gasteiger partial charge in [0.1, 0.15) is 5.60 Å². The van der Waals surface area contributed by atoms with Gasteiger partial charge in [-0.15, -0.1) is 0 Å². The molecule has 0 spiro atoms. The average molecular weight is 337 g/mol. The van der Waals surface area contributed by atoms with Gasteiger partial charge in [-0.2, -0.15) is 0 Å². The van der Waals surface area contributed by atoms with Crippen LogP contribution < -0.4 is 5.32 Å². The lowest BCUT2D eigenvalue weighted by Gasteiger charge is -2.34. The first-order valence-corrected chi connectivity index (χ1v) is 9.98. The molecule has 1 aromatic carbocycles. The molecule has 2 N–H and O–H groups in total. The molecule has 5 nitrogen and oxygen atoms in total. The van der Waals surface area contributed by atoms with E-state index in [-0.39, 0.29) is 36.3 Å². The summed E-state index contributed by atoms with van der Waals surface area (Å²) in [7, 11) is -2.96. The highest BCUT2D eigenvalue weighted by Gasteiger charge is 2.35. The predicted molar refractivity (Wildman–Crippen MR) is 87.7 cm³/mol. The number of fused-ring (bicyclic) bond motifs is 1. The first-order chi connectivity index (χ1) is 10.9. The van der Waals surface area contributed by atoms with E-state index in [1.54, 1.807) is 0 Å². The van der Waals surface area contributed by atoms with Gasteiger partial charge in [0.2, 0.25) is 5.91 Å². The smallest absolute Gasteiger partial charge is 0.220 e. The second-order valence-electron chi connectivity index (χ2n) is 6.79. The quantitative estimate of drug-likeness (QED) is 0.863. The van der Waals surface area contributed by atoms with Crippen LogP contribution in [0.4, 0.5) is 0 Å². The fourth-order valence-electron chi connectivity index (χ4n) is 3.69. The highest BCUT2D eigenvalue weighted by atomic mass is 32.2. The maximum absolute atomic E-state index is 12.1. The SMILES string of the molecule is O=C(C[C@H]1CCS(=O)(=O)C1)NC[C@@]1(O)CCCc2ccccc21. The van der Waals surface area contributed by atoms with Gasteiger partial charge in [-0.25, -0.2) is 8.42 Å². The molecule has 23 heavy (non-hydrogen) atoms. The molecule has 3 rings (SSSR count). The lowest BCUT2D eigenvalue weighted by Crippen LogP contribution is -2.43. The van der Waals surface area contributed by atoms with Crippen LogP contribution in [0.3, 0.4) is 0 Å². The number of aryl methyl sites for hydroxylation is 1. The number of nitrogens with one attached hydrogen (secondary N) is 1. The van der Waals surface area contributed by atoms with Crippen molar-refractivity contribution in [2.45, 2.75) is 37.7 Å². The van der Waals surface area contributed by atoms with Gasteiger partial charge in [-0.05, 0) is 42.7 Å². The Kier molecular flexibility index (Phi) is 4.47. The fraction of sp³-hybridized carbons (Fsp3) is 0.588. The van der Waals surface area contributed by atoms with Crippen LogP contribution in [-0.4, -0.2) is 37.5 Å². The molecule has 2 aliphatic rings. The van der Waals surface area contributed by atoms with Gasteiger partial charge in [-0.1, -0.05) is 24.3 Å². The van der Waals surface area contributed by atoms with Crippen molar-refractivity contribution < 1.29 is 18.3 Å². The summed E-state index contributed by atoms with van der Waals surface area (Å²) in [4.78, 5) is 12.1. The van der Waals surface area contributed by atoms with Crippen molar-refractivity contribution in [1.82, 2.24) is 5.32 Å². The molecular formula is C17H23NO4S. The summed E-state index contributed by atoms with van der Waals surface area (Å²) in [5, 5.41) is 13.7. The van der Waals surface area contributed by atoms with Crippen LogP contribution in [-0.2, 0) is 26.7 Å². The number of hydrogen-bond acceptors (Lipinski definition) is 4. The molecule has 0 radical (unpaired) electrons. The minimum atomic E-state index is -2.96. The van der Waals surface area contributed by atoms with Crippen LogP contribution in [0.1, 0.15) is 36.8 Å². The second kappa shape index (κ2) is 6.24. The zero-order valence-corrected chi connectivity index (χ0v) is 13.9. The largest absolute Gasteiger partial charge is 0.383 e. The number of amides is 1. The normalized spacial score (nSPS) is 29.0. The molecule has 1 amide bonds. The maximum atomic E-state index is 12.1. The Labute approximate surface area is 137 Å². The van der Waals surface area contributed by atoms with E-state index in [1.807, 2.05) is 24.3 Å². The highest BCUT2D eigenvalue weighted by Crippen LogP contribution is 2.34. The Morgan fingerprint density at radius 3 is 2.87 bits per heavy atom.